The van der Waals surface area contributed by atoms with Gasteiger partial charge in [-0.2, -0.15) is 0 Å². The molecule has 1 saturated heterocycles. The molecule has 1 amide bonds. The minimum Gasteiger partial charge on any atom is -0.323 e. The highest BCUT2D eigenvalue weighted by Crippen LogP contribution is 2.38. The maximum atomic E-state index is 12.7. The van der Waals surface area contributed by atoms with E-state index in [0.29, 0.717) is 11.9 Å². The van der Waals surface area contributed by atoms with Gasteiger partial charge in [-0.05, 0) is 32.6 Å². The van der Waals surface area contributed by atoms with E-state index in [1.54, 1.807) is 0 Å². The number of nitrogens with one attached hydrogen (secondary N) is 1. The van der Waals surface area contributed by atoms with Gasteiger partial charge in [0.05, 0.1) is 11.7 Å². The highest BCUT2D eigenvalue weighted by molar-refractivity contribution is 5.89. The first kappa shape index (κ1) is 12.9. The molecule has 0 aromatic rings. The quantitative estimate of drug-likeness (QED) is 0.816. The van der Waals surface area contributed by atoms with E-state index in [1.165, 1.54) is 12.8 Å². The summed E-state index contributed by atoms with van der Waals surface area (Å²) in [5.41, 5.74) is -0.192. The third-order valence-corrected chi connectivity index (χ3v) is 4.45. The van der Waals surface area contributed by atoms with Crippen molar-refractivity contribution < 1.29 is 4.79 Å². The fourth-order valence-corrected chi connectivity index (χ4v) is 3.54. The molecule has 1 aliphatic carbocycles. The Labute approximate surface area is 105 Å². The molecular weight excluding hydrogens is 212 g/mol. The van der Waals surface area contributed by atoms with Gasteiger partial charge in [0.1, 0.15) is 0 Å². The Morgan fingerprint density at radius 3 is 2.59 bits per heavy atom. The maximum absolute atomic E-state index is 12.7. The summed E-state index contributed by atoms with van der Waals surface area (Å²) in [7, 11) is 0. The fraction of sp³-hybridized carbons (Fsp3) is 0.929. The summed E-state index contributed by atoms with van der Waals surface area (Å²) in [6.45, 7) is 6.56. The normalized spacial score (nSPS) is 29.2. The van der Waals surface area contributed by atoms with Gasteiger partial charge in [-0.15, -0.1) is 0 Å². The summed E-state index contributed by atoms with van der Waals surface area (Å²) in [5.74, 6) is 0.378. The highest BCUT2D eigenvalue weighted by atomic mass is 16.2. The van der Waals surface area contributed by atoms with Crippen molar-refractivity contribution in [3.8, 4) is 0 Å². The number of rotatable bonds is 4. The van der Waals surface area contributed by atoms with Gasteiger partial charge in [0.2, 0.25) is 5.91 Å². The standard InChI is InChI=1S/C14H26N2O/c1-4-8-11(3)16-12(5-2)15-14(13(16)17)9-6-7-10-14/h11-12,15H,4-10H2,1-3H3. The molecule has 2 rings (SSSR count). The van der Waals surface area contributed by atoms with Crippen LogP contribution in [-0.2, 0) is 4.79 Å². The van der Waals surface area contributed by atoms with Gasteiger partial charge in [-0.1, -0.05) is 33.1 Å². The molecule has 1 heterocycles. The number of carbonyl (C=O) groups excluding carboxylic acids is 1. The number of hydrogen-bond donors (Lipinski definition) is 1. The van der Waals surface area contributed by atoms with Crippen molar-refractivity contribution in [3.05, 3.63) is 0 Å². The van der Waals surface area contributed by atoms with Gasteiger partial charge in [0, 0.05) is 6.04 Å². The average Bonchev–Trinajstić information content (AvgIpc) is 2.87. The number of carbonyl (C=O) groups is 1. The summed E-state index contributed by atoms with van der Waals surface area (Å²) in [5, 5.41) is 3.63. The molecule has 2 aliphatic rings. The Hall–Kier alpha value is -0.570. The van der Waals surface area contributed by atoms with Crippen LogP contribution in [0.25, 0.3) is 0 Å². The lowest BCUT2D eigenvalue weighted by atomic mass is 9.97. The second-order valence-corrected chi connectivity index (χ2v) is 5.71. The summed E-state index contributed by atoms with van der Waals surface area (Å²) in [4.78, 5) is 14.8. The van der Waals surface area contributed by atoms with Crippen molar-refractivity contribution >= 4 is 5.91 Å². The Morgan fingerprint density at radius 1 is 1.41 bits per heavy atom. The van der Waals surface area contributed by atoms with E-state index in [9.17, 15) is 4.79 Å². The van der Waals surface area contributed by atoms with Gasteiger partial charge in [0.15, 0.2) is 0 Å². The molecule has 1 spiro atoms. The zero-order valence-electron chi connectivity index (χ0n) is 11.5. The van der Waals surface area contributed by atoms with Crippen LogP contribution in [0, 0.1) is 0 Å². The lowest BCUT2D eigenvalue weighted by Crippen LogP contribution is -2.45. The van der Waals surface area contributed by atoms with Crippen LogP contribution in [0.5, 0.6) is 0 Å². The molecule has 3 heteroatoms. The zero-order chi connectivity index (χ0) is 12.5. The van der Waals surface area contributed by atoms with Crippen LogP contribution in [0.3, 0.4) is 0 Å². The van der Waals surface area contributed by atoms with Crippen LogP contribution < -0.4 is 5.32 Å². The second kappa shape index (κ2) is 4.97. The molecule has 0 aromatic heterocycles. The van der Waals surface area contributed by atoms with E-state index >= 15 is 0 Å². The van der Waals surface area contributed by atoms with Crippen molar-refractivity contribution in [2.75, 3.05) is 0 Å². The lowest BCUT2D eigenvalue weighted by Gasteiger charge is -2.29. The van der Waals surface area contributed by atoms with Crippen molar-refractivity contribution in [2.24, 2.45) is 0 Å². The molecule has 1 aliphatic heterocycles. The molecule has 2 unspecified atom stereocenters. The molecule has 0 aromatic carbocycles. The molecule has 1 N–H and O–H groups in total. The maximum Gasteiger partial charge on any atom is 0.244 e. The molecule has 98 valence electrons. The summed E-state index contributed by atoms with van der Waals surface area (Å²) < 4.78 is 0. The first-order chi connectivity index (χ1) is 8.14. The molecule has 2 atom stereocenters. The molecule has 17 heavy (non-hydrogen) atoms. The number of nitrogens with zero attached hydrogens (tertiary/aromatic N) is 1. The zero-order valence-corrected chi connectivity index (χ0v) is 11.5. The van der Waals surface area contributed by atoms with Crippen LogP contribution >= 0.6 is 0 Å². The Kier molecular flexibility index (Phi) is 3.76. The van der Waals surface area contributed by atoms with E-state index < -0.39 is 0 Å². The van der Waals surface area contributed by atoms with Gasteiger partial charge in [0.25, 0.3) is 0 Å². The smallest absolute Gasteiger partial charge is 0.244 e. The Bertz CT molecular complexity index is 284. The summed E-state index contributed by atoms with van der Waals surface area (Å²) in [6.07, 6.45) is 8.02. The van der Waals surface area contributed by atoms with E-state index in [2.05, 4.69) is 31.0 Å². The van der Waals surface area contributed by atoms with Crippen LogP contribution in [0.2, 0.25) is 0 Å². The van der Waals surface area contributed by atoms with Crippen molar-refractivity contribution in [1.82, 2.24) is 10.2 Å². The first-order valence-electron chi connectivity index (χ1n) is 7.25. The van der Waals surface area contributed by atoms with Crippen molar-refractivity contribution in [1.29, 1.82) is 0 Å². The minimum atomic E-state index is -0.192. The average molecular weight is 238 g/mol. The molecular formula is C14H26N2O. The van der Waals surface area contributed by atoms with E-state index in [-0.39, 0.29) is 11.7 Å². The number of amides is 1. The summed E-state index contributed by atoms with van der Waals surface area (Å²) >= 11 is 0. The predicted octanol–water partition coefficient (Wildman–Crippen LogP) is 2.66. The summed E-state index contributed by atoms with van der Waals surface area (Å²) in [6, 6.07) is 0.380. The van der Waals surface area contributed by atoms with Crippen LogP contribution in [-0.4, -0.2) is 28.6 Å². The van der Waals surface area contributed by atoms with E-state index in [0.717, 1.165) is 32.1 Å². The minimum absolute atomic E-state index is 0.192. The second-order valence-electron chi connectivity index (χ2n) is 5.71. The van der Waals surface area contributed by atoms with E-state index in [1.807, 2.05) is 0 Å². The predicted molar refractivity (Wildman–Crippen MR) is 69.6 cm³/mol. The molecule has 0 bridgehead atoms. The van der Waals surface area contributed by atoms with Crippen molar-refractivity contribution in [3.63, 3.8) is 0 Å². The lowest BCUT2D eigenvalue weighted by molar-refractivity contribution is -0.135. The van der Waals surface area contributed by atoms with Gasteiger partial charge < -0.3 is 4.90 Å². The molecule has 1 saturated carbocycles. The van der Waals surface area contributed by atoms with E-state index in [4.69, 9.17) is 0 Å². The molecule has 2 fully saturated rings. The largest absolute Gasteiger partial charge is 0.323 e. The molecule has 3 nitrogen and oxygen atoms in total. The van der Waals surface area contributed by atoms with Crippen molar-refractivity contribution in [2.45, 2.75) is 83.5 Å². The molecule has 0 radical (unpaired) electrons. The third-order valence-electron chi connectivity index (χ3n) is 4.45. The fourth-order valence-electron chi connectivity index (χ4n) is 3.54. The van der Waals surface area contributed by atoms with Gasteiger partial charge in [-0.25, -0.2) is 0 Å². The SMILES string of the molecule is CCCC(C)N1C(=O)C2(CCCC2)NC1CC. The van der Waals surface area contributed by atoms with Crippen LogP contribution in [0.4, 0.5) is 0 Å². The first-order valence-corrected chi connectivity index (χ1v) is 7.25. The highest BCUT2D eigenvalue weighted by Gasteiger charge is 2.52. The topological polar surface area (TPSA) is 32.3 Å². The van der Waals surface area contributed by atoms with Crippen LogP contribution in [0.1, 0.15) is 65.7 Å². The number of hydrogen-bond acceptors (Lipinski definition) is 2. The monoisotopic (exact) mass is 238 g/mol. The van der Waals surface area contributed by atoms with Crippen LogP contribution in [0.15, 0.2) is 0 Å². The van der Waals surface area contributed by atoms with Gasteiger partial charge in [-0.3, -0.25) is 10.1 Å². The third kappa shape index (κ3) is 2.10. The Morgan fingerprint density at radius 2 is 2.06 bits per heavy atom. The van der Waals surface area contributed by atoms with Gasteiger partial charge >= 0.3 is 0 Å². The Balaban J connectivity index is 2.16.